The van der Waals surface area contributed by atoms with Crippen molar-refractivity contribution < 1.29 is 0 Å². The highest BCUT2D eigenvalue weighted by Gasteiger charge is 2.25. The SMILES string of the molecule is c1ccc(N/N=C2\CC(c3ccccc3)Nc3ncnn32)cc1. The molecule has 2 aromatic carbocycles. The fourth-order valence-electron chi connectivity index (χ4n) is 2.63. The van der Waals surface area contributed by atoms with Gasteiger partial charge >= 0.3 is 0 Å². The highest BCUT2D eigenvalue weighted by molar-refractivity contribution is 5.89. The van der Waals surface area contributed by atoms with Crippen molar-refractivity contribution in [3.8, 4) is 0 Å². The molecule has 1 aliphatic rings. The smallest absolute Gasteiger partial charge is 0.227 e. The number of anilines is 2. The Bertz CT molecular complexity index is 809. The van der Waals surface area contributed by atoms with E-state index in [-0.39, 0.29) is 6.04 Å². The molecule has 0 fully saturated rings. The molecular formula is C17H16N6. The zero-order valence-electron chi connectivity index (χ0n) is 12.4. The number of para-hydroxylation sites is 1. The van der Waals surface area contributed by atoms with Gasteiger partial charge in [-0.2, -0.15) is 19.9 Å². The predicted octanol–water partition coefficient (Wildman–Crippen LogP) is 3.11. The second kappa shape index (κ2) is 5.92. The van der Waals surface area contributed by atoms with E-state index in [1.807, 2.05) is 48.5 Å². The summed E-state index contributed by atoms with van der Waals surface area (Å²) >= 11 is 0. The number of nitrogens with one attached hydrogen (secondary N) is 2. The fraction of sp³-hybridized carbons (Fsp3) is 0.118. The van der Waals surface area contributed by atoms with Crippen molar-refractivity contribution in [3.05, 3.63) is 72.6 Å². The molecule has 0 amide bonds. The minimum atomic E-state index is 0.129. The highest BCUT2D eigenvalue weighted by Crippen LogP contribution is 2.27. The lowest BCUT2D eigenvalue weighted by atomic mass is 10.0. The summed E-state index contributed by atoms with van der Waals surface area (Å²) in [6.07, 6.45) is 2.26. The van der Waals surface area contributed by atoms with Gasteiger partial charge in [-0.05, 0) is 17.7 Å². The number of hydrogen-bond donors (Lipinski definition) is 2. The van der Waals surface area contributed by atoms with Gasteiger partial charge in [-0.15, -0.1) is 0 Å². The van der Waals surface area contributed by atoms with Gasteiger partial charge < -0.3 is 5.32 Å². The first kappa shape index (κ1) is 13.5. The molecule has 4 rings (SSSR count). The Morgan fingerprint density at radius 3 is 2.57 bits per heavy atom. The van der Waals surface area contributed by atoms with E-state index in [1.54, 1.807) is 4.68 Å². The Balaban J connectivity index is 1.63. The summed E-state index contributed by atoms with van der Waals surface area (Å²) in [4.78, 5) is 4.27. The van der Waals surface area contributed by atoms with Crippen LogP contribution in [-0.4, -0.2) is 20.6 Å². The van der Waals surface area contributed by atoms with Gasteiger partial charge in [0.25, 0.3) is 0 Å². The van der Waals surface area contributed by atoms with Gasteiger partial charge in [0, 0.05) is 6.42 Å². The van der Waals surface area contributed by atoms with E-state index in [0.717, 1.165) is 17.9 Å². The molecule has 23 heavy (non-hydrogen) atoms. The number of rotatable bonds is 3. The number of hydrazone groups is 1. The topological polar surface area (TPSA) is 67.1 Å². The molecule has 1 atom stereocenters. The largest absolute Gasteiger partial charge is 0.347 e. The van der Waals surface area contributed by atoms with E-state index in [2.05, 4.69) is 38.1 Å². The summed E-state index contributed by atoms with van der Waals surface area (Å²) in [5.74, 6) is 1.53. The first-order chi connectivity index (χ1) is 11.4. The normalized spacial score (nSPS) is 18.3. The second-order valence-electron chi connectivity index (χ2n) is 5.31. The average Bonchev–Trinajstić information content (AvgIpc) is 3.10. The van der Waals surface area contributed by atoms with Crippen molar-refractivity contribution in [3.63, 3.8) is 0 Å². The van der Waals surface area contributed by atoms with Gasteiger partial charge in [-0.3, -0.25) is 5.43 Å². The molecule has 0 radical (unpaired) electrons. The van der Waals surface area contributed by atoms with E-state index in [0.29, 0.717) is 5.95 Å². The maximum absolute atomic E-state index is 4.53. The van der Waals surface area contributed by atoms with Crippen LogP contribution in [0.15, 0.2) is 72.1 Å². The molecule has 0 bridgehead atoms. The summed E-state index contributed by atoms with van der Waals surface area (Å²) in [5.41, 5.74) is 5.23. The number of aromatic nitrogens is 3. The molecule has 1 aromatic heterocycles. The van der Waals surface area contributed by atoms with Crippen LogP contribution in [0.25, 0.3) is 0 Å². The van der Waals surface area contributed by atoms with E-state index in [9.17, 15) is 0 Å². The molecule has 6 heteroatoms. The van der Waals surface area contributed by atoms with E-state index < -0.39 is 0 Å². The van der Waals surface area contributed by atoms with Gasteiger partial charge in [0.1, 0.15) is 6.33 Å². The third-order valence-corrected chi connectivity index (χ3v) is 3.77. The summed E-state index contributed by atoms with van der Waals surface area (Å²) < 4.78 is 1.73. The standard InChI is InChI=1S/C17H16N6/c1-3-7-13(8-4-1)15-11-16(23-17(20-15)18-12-19-23)22-21-14-9-5-2-6-10-14/h1-10,12,15,21H,11H2,(H,18,19,20)/b22-16+. The summed E-state index contributed by atoms with van der Waals surface area (Å²) in [6.45, 7) is 0. The molecule has 114 valence electrons. The monoisotopic (exact) mass is 304 g/mol. The Morgan fingerprint density at radius 1 is 1.04 bits per heavy atom. The molecule has 2 N–H and O–H groups in total. The number of benzene rings is 2. The molecule has 2 heterocycles. The summed E-state index contributed by atoms with van der Waals surface area (Å²) in [6, 6.07) is 20.3. The van der Waals surface area contributed by atoms with Crippen LogP contribution in [0.3, 0.4) is 0 Å². The lowest BCUT2D eigenvalue weighted by Crippen LogP contribution is -2.30. The Kier molecular flexibility index (Phi) is 3.48. The van der Waals surface area contributed by atoms with Crippen LogP contribution in [0.4, 0.5) is 11.6 Å². The lowest BCUT2D eigenvalue weighted by Gasteiger charge is -2.25. The number of hydrogen-bond acceptors (Lipinski definition) is 5. The summed E-state index contributed by atoms with van der Waals surface area (Å²) in [5, 5.41) is 12.2. The van der Waals surface area contributed by atoms with Crippen molar-refractivity contribution in [1.29, 1.82) is 0 Å². The van der Waals surface area contributed by atoms with Crippen molar-refractivity contribution in [2.45, 2.75) is 12.5 Å². The maximum atomic E-state index is 4.53. The Hall–Kier alpha value is -3.15. The van der Waals surface area contributed by atoms with Gasteiger partial charge in [-0.1, -0.05) is 48.5 Å². The molecule has 3 aromatic rings. The molecular weight excluding hydrogens is 288 g/mol. The van der Waals surface area contributed by atoms with Crippen molar-refractivity contribution >= 4 is 17.5 Å². The first-order valence-corrected chi connectivity index (χ1v) is 7.49. The molecule has 0 saturated carbocycles. The van der Waals surface area contributed by atoms with Gasteiger partial charge in [0.05, 0.1) is 11.7 Å². The van der Waals surface area contributed by atoms with E-state index in [4.69, 9.17) is 0 Å². The number of nitrogens with zero attached hydrogens (tertiary/aromatic N) is 4. The third kappa shape index (κ3) is 2.78. The molecule has 0 spiro atoms. The molecule has 6 nitrogen and oxygen atoms in total. The molecule has 0 saturated heterocycles. The van der Waals surface area contributed by atoms with Crippen LogP contribution in [0, 0.1) is 0 Å². The zero-order chi connectivity index (χ0) is 15.5. The maximum Gasteiger partial charge on any atom is 0.227 e. The van der Waals surface area contributed by atoms with Crippen LogP contribution >= 0.6 is 0 Å². The Labute approximate surface area is 133 Å². The van der Waals surface area contributed by atoms with Crippen molar-refractivity contribution in [1.82, 2.24) is 14.8 Å². The van der Waals surface area contributed by atoms with Gasteiger partial charge in [-0.25, -0.2) is 0 Å². The van der Waals surface area contributed by atoms with Crippen molar-refractivity contribution in [2.24, 2.45) is 5.10 Å². The highest BCUT2D eigenvalue weighted by atomic mass is 15.5. The third-order valence-electron chi connectivity index (χ3n) is 3.77. The molecule has 1 aliphatic heterocycles. The van der Waals surface area contributed by atoms with Crippen LogP contribution in [0.2, 0.25) is 0 Å². The van der Waals surface area contributed by atoms with Gasteiger partial charge in [0.15, 0.2) is 5.84 Å². The van der Waals surface area contributed by atoms with Crippen molar-refractivity contribution in [2.75, 3.05) is 10.7 Å². The average molecular weight is 304 g/mol. The zero-order valence-corrected chi connectivity index (χ0v) is 12.4. The second-order valence-corrected chi connectivity index (χ2v) is 5.31. The van der Waals surface area contributed by atoms with Crippen LogP contribution in [0.5, 0.6) is 0 Å². The lowest BCUT2D eigenvalue weighted by molar-refractivity contribution is 0.724. The van der Waals surface area contributed by atoms with E-state index >= 15 is 0 Å². The molecule has 0 aliphatic carbocycles. The minimum absolute atomic E-state index is 0.129. The Morgan fingerprint density at radius 2 is 1.78 bits per heavy atom. The van der Waals surface area contributed by atoms with E-state index in [1.165, 1.54) is 11.9 Å². The fourth-order valence-corrected chi connectivity index (χ4v) is 2.63. The minimum Gasteiger partial charge on any atom is -0.347 e. The van der Waals surface area contributed by atoms with Gasteiger partial charge in [0.2, 0.25) is 5.95 Å². The van der Waals surface area contributed by atoms with Crippen LogP contribution < -0.4 is 10.7 Å². The number of fused-ring (bicyclic) bond motifs is 1. The van der Waals surface area contributed by atoms with Crippen LogP contribution in [0.1, 0.15) is 18.0 Å². The summed E-state index contributed by atoms with van der Waals surface area (Å²) in [7, 11) is 0. The first-order valence-electron chi connectivity index (χ1n) is 7.49. The quantitative estimate of drug-likeness (QED) is 0.730. The predicted molar refractivity (Wildman–Crippen MR) is 90.3 cm³/mol. The van der Waals surface area contributed by atoms with Crippen LogP contribution in [-0.2, 0) is 0 Å². The molecule has 1 unspecified atom stereocenters.